The lowest BCUT2D eigenvalue weighted by atomic mass is 10.3. The first kappa shape index (κ1) is 8.50. The average Bonchev–Trinajstić information content (AvgIpc) is 2.23. The third-order valence-electron chi connectivity index (χ3n) is 1.65. The highest BCUT2D eigenvalue weighted by molar-refractivity contribution is 5.29. The summed E-state index contributed by atoms with van der Waals surface area (Å²) in [5, 5.41) is 9.05. The number of aromatic hydroxyl groups is 1. The number of benzene rings is 1. The number of phenolic OH excluding ortho intramolecular Hbond substituents is 1. The second-order valence-electron chi connectivity index (χ2n) is 2.69. The lowest BCUT2D eigenvalue weighted by molar-refractivity contribution is -0.875. The van der Waals surface area contributed by atoms with E-state index in [1.54, 1.807) is 49.1 Å². The molecule has 70 valence electrons. The van der Waals surface area contributed by atoms with Crippen molar-refractivity contribution in [1.82, 2.24) is 4.98 Å². The van der Waals surface area contributed by atoms with Crippen LogP contribution in [0.3, 0.4) is 0 Å². The Hall–Kier alpha value is -2.10. The fourth-order valence-corrected chi connectivity index (χ4v) is 0.997. The Labute approximate surface area is 81.0 Å². The zero-order valence-electron chi connectivity index (χ0n) is 7.37. The second kappa shape index (κ2) is 3.74. The lowest BCUT2D eigenvalue weighted by Crippen LogP contribution is -2.38. The molecule has 0 amide bonds. The fourth-order valence-electron chi connectivity index (χ4n) is 0.997. The van der Waals surface area contributed by atoms with Gasteiger partial charge in [-0.25, -0.2) is 4.84 Å². The Bertz CT molecular complexity index is 400. The van der Waals surface area contributed by atoms with E-state index in [0.717, 1.165) is 0 Å². The van der Waals surface area contributed by atoms with Gasteiger partial charge in [0.2, 0.25) is 18.1 Å². The Kier molecular flexibility index (Phi) is 2.27. The Morgan fingerprint density at radius 2 is 1.71 bits per heavy atom. The summed E-state index contributed by atoms with van der Waals surface area (Å²) < 4.78 is 1.53. The summed E-state index contributed by atoms with van der Waals surface area (Å²) in [6.07, 6.45) is 6.63. The molecule has 0 spiro atoms. The molecule has 1 heterocycles. The van der Waals surface area contributed by atoms with E-state index in [2.05, 4.69) is 4.98 Å². The van der Waals surface area contributed by atoms with Crippen LogP contribution in [0.15, 0.2) is 49.1 Å². The molecule has 2 rings (SSSR count). The second-order valence-corrected chi connectivity index (χ2v) is 2.69. The molecule has 0 saturated heterocycles. The molecule has 4 nitrogen and oxygen atoms in total. The molecule has 4 heteroatoms. The van der Waals surface area contributed by atoms with E-state index in [9.17, 15) is 0 Å². The van der Waals surface area contributed by atoms with E-state index in [1.165, 1.54) is 4.73 Å². The minimum Gasteiger partial charge on any atom is -0.508 e. The largest absolute Gasteiger partial charge is 0.508 e. The summed E-state index contributed by atoms with van der Waals surface area (Å²) in [5.41, 5.74) is 0. The van der Waals surface area contributed by atoms with Crippen molar-refractivity contribution in [3.63, 3.8) is 0 Å². The first-order chi connectivity index (χ1) is 6.84. The monoisotopic (exact) mass is 189 g/mol. The Morgan fingerprint density at radius 1 is 1.07 bits per heavy atom. The number of nitrogens with zero attached hydrogens (tertiary/aromatic N) is 2. The van der Waals surface area contributed by atoms with Gasteiger partial charge in [0.1, 0.15) is 5.75 Å². The van der Waals surface area contributed by atoms with Crippen LogP contribution in [0.4, 0.5) is 0 Å². The van der Waals surface area contributed by atoms with E-state index in [0.29, 0.717) is 5.75 Å². The van der Waals surface area contributed by atoms with Gasteiger partial charge in [0, 0.05) is 4.73 Å². The molecule has 0 aliphatic heterocycles. The minimum absolute atomic E-state index is 0.220. The predicted octanol–water partition coefficient (Wildman–Crippen LogP) is 0.917. The van der Waals surface area contributed by atoms with E-state index >= 15 is 0 Å². The van der Waals surface area contributed by atoms with Gasteiger partial charge in [-0.3, -0.25) is 4.98 Å². The first-order valence-electron chi connectivity index (χ1n) is 4.13. The Morgan fingerprint density at radius 3 is 2.36 bits per heavy atom. The molecule has 0 radical (unpaired) electrons. The van der Waals surface area contributed by atoms with Crippen LogP contribution >= 0.6 is 0 Å². The predicted molar refractivity (Wildman–Crippen MR) is 48.6 cm³/mol. The fraction of sp³-hybridized carbons (Fsp3) is 0. The summed E-state index contributed by atoms with van der Waals surface area (Å²) in [7, 11) is 0. The van der Waals surface area contributed by atoms with Gasteiger partial charge in [-0.15, -0.1) is 0 Å². The van der Waals surface area contributed by atoms with E-state index in [1.807, 2.05) is 0 Å². The molecule has 0 aliphatic carbocycles. The van der Waals surface area contributed by atoms with Crippen LogP contribution < -0.4 is 9.57 Å². The van der Waals surface area contributed by atoms with Crippen LogP contribution in [-0.2, 0) is 0 Å². The first-order valence-corrected chi connectivity index (χ1v) is 4.13. The number of hydrogen-bond acceptors (Lipinski definition) is 3. The molecule has 0 unspecified atom stereocenters. The standard InChI is InChI=1S/C10H8N2O2/c13-9-1-3-10(4-2-9)14-12-7-5-11-6-8-12/h1-8H/p+1. The molecule has 2 aromatic rings. The molecular formula is C10H9N2O2+. The van der Waals surface area contributed by atoms with Crippen molar-refractivity contribution in [2.45, 2.75) is 0 Å². The van der Waals surface area contributed by atoms with Crippen molar-refractivity contribution < 1.29 is 14.7 Å². The van der Waals surface area contributed by atoms with Crippen molar-refractivity contribution in [2.24, 2.45) is 0 Å². The molecule has 0 atom stereocenters. The van der Waals surface area contributed by atoms with Crippen LogP contribution in [-0.4, -0.2) is 10.1 Å². The summed E-state index contributed by atoms with van der Waals surface area (Å²) in [4.78, 5) is 9.26. The zero-order valence-corrected chi connectivity index (χ0v) is 7.37. The van der Waals surface area contributed by atoms with Gasteiger partial charge in [-0.1, -0.05) is 0 Å². The van der Waals surface area contributed by atoms with Crippen LogP contribution in [0.5, 0.6) is 11.5 Å². The molecule has 0 saturated carbocycles. The number of rotatable bonds is 2. The molecule has 0 aliphatic rings. The highest BCUT2D eigenvalue weighted by Crippen LogP contribution is 2.14. The topological polar surface area (TPSA) is 46.2 Å². The van der Waals surface area contributed by atoms with E-state index in [4.69, 9.17) is 9.94 Å². The number of aromatic nitrogens is 2. The normalized spacial score (nSPS) is 9.71. The molecule has 1 N–H and O–H groups in total. The number of hydrogen-bond donors (Lipinski definition) is 1. The van der Waals surface area contributed by atoms with Crippen LogP contribution in [0.1, 0.15) is 0 Å². The van der Waals surface area contributed by atoms with Gasteiger partial charge in [-0.05, 0) is 24.3 Å². The lowest BCUT2D eigenvalue weighted by Gasteiger charge is -1.96. The van der Waals surface area contributed by atoms with Crippen molar-refractivity contribution >= 4 is 0 Å². The summed E-state index contributed by atoms with van der Waals surface area (Å²) in [6.45, 7) is 0. The van der Waals surface area contributed by atoms with Crippen molar-refractivity contribution in [3.05, 3.63) is 49.1 Å². The summed E-state index contributed by atoms with van der Waals surface area (Å²) >= 11 is 0. The number of phenols is 1. The van der Waals surface area contributed by atoms with Crippen molar-refractivity contribution in [3.8, 4) is 11.5 Å². The highest BCUT2D eigenvalue weighted by Gasteiger charge is 2.01. The van der Waals surface area contributed by atoms with Crippen molar-refractivity contribution in [2.75, 3.05) is 0 Å². The highest BCUT2D eigenvalue weighted by atomic mass is 16.7. The van der Waals surface area contributed by atoms with Gasteiger partial charge in [0.15, 0.2) is 0 Å². The quantitative estimate of drug-likeness (QED) is 0.714. The summed E-state index contributed by atoms with van der Waals surface area (Å²) in [5.74, 6) is 0.871. The van der Waals surface area contributed by atoms with Crippen molar-refractivity contribution in [1.29, 1.82) is 0 Å². The van der Waals surface area contributed by atoms with Crippen LogP contribution in [0.25, 0.3) is 0 Å². The smallest absolute Gasteiger partial charge is 0.241 e. The third-order valence-corrected chi connectivity index (χ3v) is 1.65. The molecule has 0 fully saturated rings. The molecule has 1 aromatic heterocycles. The van der Waals surface area contributed by atoms with E-state index in [-0.39, 0.29) is 5.75 Å². The maximum absolute atomic E-state index is 9.05. The average molecular weight is 189 g/mol. The Balaban J connectivity index is 2.16. The van der Waals surface area contributed by atoms with Gasteiger partial charge in [-0.2, -0.15) is 0 Å². The zero-order chi connectivity index (χ0) is 9.80. The van der Waals surface area contributed by atoms with Crippen LogP contribution in [0.2, 0.25) is 0 Å². The van der Waals surface area contributed by atoms with Gasteiger partial charge < -0.3 is 5.11 Å². The molecular weight excluding hydrogens is 180 g/mol. The molecule has 1 aromatic carbocycles. The van der Waals surface area contributed by atoms with Gasteiger partial charge in [0.05, 0.1) is 12.4 Å². The van der Waals surface area contributed by atoms with E-state index < -0.39 is 0 Å². The maximum Gasteiger partial charge on any atom is 0.241 e. The van der Waals surface area contributed by atoms with Gasteiger partial charge >= 0.3 is 0 Å². The van der Waals surface area contributed by atoms with Gasteiger partial charge in [0.25, 0.3) is 0 Å². The maximum atomic E-state index is 9.05. The third kappa shape index (κ3) is 1.98. The molecule has 14 heavy (non-hydrogen) atoms. The minimum atomic E-state index is 0.220. The molecule has 0 bridgehead atoms. The van der Waals surface area contributed by atoms with Crippen LogP contribution in [0, 0.1) is 0 Å². The SMILES string of the molecule is Oc1ccc(O[n+]2ccncc2)cc1. The summed E-state index contributed by atoms with van der Waals surface area (Å²) in [6, 6.07) is 6.50.